The zero-order chi connectivity index (χ0) is 17.3. The van der Waals surface area contributed by atoms with Crippen molar-refractivity contribution in [3.05, 3.63) is 46.5 Å². The third-order valence-corrected chi connectivity index (χ3v) is 5.57. The number of aliphatic hydroxyl groups is 1. The second-order valence-corrected chi connectivity index (χ2v) is 7.73. The fourth-order valence-electron chi connectivity index (χ4n) is 3.98. The fraction of sp³-hybridized carbons (Fsp3) is 0.550. The zero-order valence-corrected chi connectivity index (χ0v) is 14.7. The summed E-state index contributed by atoms with van der Waals surface area (Å²) in [5.41, 5.74) is 9.88. The fourth-order valence-corrected chi connectivity index (χ4v) is 3.98. The molecule has 130 valence electrons. The maximum atomic E-state index is 11.4. The predicted octanol–water partition coefficient (Wildman–Crippen LogP) is 3.68. The van der Waals surface area contributed by atoms with Crippen LogP contribution >= 0.6 is 0 Å². The Morgan fingerprint density at radius 1 is 1.29 bits per heavy atom. The Labute approximate surface area is 144 Å². The molecule has 0 fully saturated rings. The Hall–Kier alpha value is -1.81. The highest BCUT2D eigenvalue weighted by molar-refractivity contribution is 5.72. The normalized spacial score (nSPS) is 21.5. The number of allylic oxidation sites excluding steroid dienone is 1. The number of nitrogens with zero attached hydrogens (tertiary/aromatic N) is 1. The van der Waals surface area contributed by atoms with Crippen LogP contribution in [0.25, 0.3) is 0 Å². The van der Waals surface area contributed by atoms with Gasteiger partial charge in [-0.15, -0.1) is 0 Å². The SMILES string of the molecule is CC1(C)CCCCC=C1C(O)c1ccc2c(c1)CCN(C(N)=O)C2. The second-order valence-electron chi connectivity index (χ2n) is 7.73. The van der Waals surface area contributed by atoms with Gasteiger partial charge < -0.3 is 15.7 Å². The van der Waals surface area contributed by atoms with Crippen LogP contribution in [0.15, 0.2) is 29.8 Å². The lowest BCUT2D eigenvalue weighted by atomic mass is 9.76. The minimum atomic E-state index is -0.544. The molecule has 1 unspecified atom stereocenters. The first-order valence-electron chi connectivity index (χ1n) is 8.93. The molecule has 3 rings (SSSR count). The largest absolute Gasteiger partial charge is 0.384 e. The number of carbonyl (C=O) groups excluding carboxylic acids is 1. The molecular weight excluding hydrogens is 300 g/mol. The Morgan fingerprint density at radius 2 is 2.08 bits per heavy atom. The smallest absolute Gasteiger partial charge is 0.315 e. The third kappa shape index (κ3) is 3.34. The van der Waals surface area contributed by atoms with Crippen molar-refractivity contribution in [3.63, 3.8) is 0 Å². The number of primary amides is 1. The molecule has 1 aliphatic carbocycles. The zero-order valence-electron chi connectivity index (χ0n) is 14.7. The molecule has 2 aliphatic rings. The Kier molecular flexibility index (Phi) is 4.68. The van der Waals surface area contributed by atoms with Gasteiger partial charge in [-0.05, 0) is 53.4 Å². The van der Waals surface area contributed by atoms with Gasteiger partial charge in [-0.1, -0.05) is 44.5 Å². The van der Waals surface area contributed by atoms with Crippen molar-refractivity contribution in [2.24, 2.45) is 11.1 Å². The van der Waals surface area contributed by atoms with Crippen LogP contribution in [0.2, 0.25) is 0 Å². The van der Waals surface area contributed by atoms with E-state index in [0.717, 1.165) is 36.0 Å². The molecule has 4 heteroatoms. The molecule has 1 aromatic rings. The number of hydrogen-bond donors (Lipinski definition) is 2. The lowest BCUT2D eigenvalue weighted by molar-refractivity contribution is 0.180. The molecule has 0 spiro atoms. The maximum Gasteiger partial charge on any atom is 0.315 e. The first-order valence-corrected chi connectivity index (χ1v) is 8.93. The van der Waals surface area contributed by atoms with Crippen LogP contribution in [0.3, 0.4) is 0 Å². The number of carbonyl (C=O) groups is 1. The average molecular weight is 328 g/mol. The summed E-state index contributed by atoms with van der Waals surface area (Å²) in [4.78, 5) is 13.0. The highest BCUT2D eigenvalue weighted by Gasteiger charge is 2.30. The molecule has 4 nitrogen and oxygen atoms in total. The highest BCUT2D eigenvalue weighted by atomic mass is 16.3. The summed E-state index contributed by atoms with van der Waals surface area (Å²) in [5, 5.41) is 11.0. The van der Waals surface area contributed by atoms with Crippen LogP contribution in [0.4, 0.5) is 4.79 Å². The van der Waals surface area contributed by atoms with Crippen LogP contribution in [0, 0.1) is 5.41 Å². The van der Waals surface area contributed by atoms with E-state index in [1.165, 1.54) is 18.4 Å². The summed E-state index contributed by atoms with van der Waals surface area (Å²) in [6.07, 6.45) is 7.08. The Bertz CT molecular complexity index is 664. The average Bonchev–Trinajstić information content (AvgIpc) is 2.73. The number of hydrogen-bond acceptors (Lipinski definition) is 2. The quantitative estimate of drug-likeness (QED) is 0.813. The van der Waals surface area contributed by atoms with E-state index in [2.05, 4.69) is 26.0 Å². The van der Waals surface area contributed by atoms with Gasteiger partial charge in [0.25, 0.3) is 0 Å². The summed E-state index contributed by atoms with van der Waals surface area (Å²) < 4.78 is 0. The van der Waals surface area contributed by atoms with Crippen LogP contribution in [0.1, 0.15) is 62.3 Å². The van der Waals surface area contributed by atoms with E-state index >= 15 is 0 Å². The monoisotopic (exact) mass is 328 g/mol. The number of urea groups is 1. The van der Waals surface area contributed by atoms with Gasteiger partial charge >= 0.3 is 6.03 Å². The minimum Gasteiger partial charge on any atom is -0.384 e. The minimum absolute atomic E-state index is 0.0363. The van der Waals surface area contributed by atoms with Crippen molar-refractivity contribution in [3.8, 4) is 0 Å². The summed E-state index contributed by atoms with van der Waals surface area (Å²) in [6, 6.07) is 5.78. The molecule has 0 radical (unpaired) electrons. The first-order chi connectivity index (χ1) is 11.4. The third-order valence-electron chi connectivity index (χ3n) is 5.57. The van der Waals surface area contributed by atoms with Crippen molar-refractivity contribution >= 4 is 6.03 Å². The van der Waals surface area contributed by atoms with Crippen molar-refractivity contribution in [2.45, 2.75) is 58.6 Å². The molecule has 24 heavy (non-hydrogen) atoms. The molecule has 0 saturated carbocycles. The topological polar surface area (TPSA) is 66.6 Å². The number of rotatable bonds is 2. The van der Waals surface area contributed by atoms with Crippen molar-refractivity contribution < 1.29 is 9.90 Å². The molecule has 2 amide bonds. The molecule has 1 aliphatic heterocycles. The molecule has 0 saturated heterocycles. The van der Waals surface area contributed by atoms with Crippen LogP contribution in [0.5, 0.6) is 0 Å². The van der Waals surface area contributed by atoms with Crippen LogP contribution < -0.4 is 5.73 Å². The number of benzene rings is 1. The molecule has 3 N–H and O–H groups in total. The summed E-state index contributed by atoms with van der Waals surface area (Å²) in [6.45, 7) is 5.68. The van der Waals surface area contributed by atoms with E-state index in [0.29, 0.717) is 13.1 Å². The molecule has 1 heterocycles. The molecule has 1 atom stereocenters. The summed E-state index contributed by atoms with van der Waals surface area (Å²) in [7, 11) is 0. The molecular formula is C20H28N2O2. The predicted molar refractivity (Wildman–Crippen MR) is 95.4 cm³/mol. The van der Waals surface area contributed by atoms with Gasteiger partial charge in [0.05, 0.1) is 0 Å². The second kappa shape index (κ2) is 6.60. The lowest BCUT2D eigenvalue weighted by Crippen LogP contribution is -2.39. The van der Waals surface area contributed by atoms with Gasteiger partial charge in [0.2, 0.25) is 0 Å². The van der Waals surface area contributed by atoms with Gasteiger partial charge in [0.15, 0.2) is 0 Å². The highest BCUT2D eigenvalue weighted by Crippen LogP contribution is 2.42. The molecule has 0 bridgehead atoms. The first kappa shape index (κ1) is 17.0. The van der Waals surface area contributed by atoms with E-state index in [1.807, 2.05) is 12.1 Å². The van der Waals surface area contributed by atoms with E-state index in [4.69, 9.17) is 5.73 Å². The number of nitrogens with two attached hydrogens (primary N) is 1. The van der Waals surface area contributed by atoms with Gasteiger partial charge in [-0.2, -0.15) is 0 Å². The number of aliphatic hydroxyl groups excluding tert-OH is 1. The summed E-state index contributed by atoms with van der Waals surface area (Å²) in [5.74, 6) is 0. The van der Waals surface area contributed by atoms with E-state index < -0.39 is 6.10 Å². The maximum absolute atomic E-state index is 11.4. The van der Waals surface area contributed by atoms with E-state index in [9.17, 15) is 9.90 Å². The molecule has 0 aromatic heterocycles. The lowest BCUT2D eigenvalue weighted by Gasteiger charge is -2.32. The van der Waals surface area contributed by atoms with Crippen LogP contribution in [-0.2, 0) is 13.0 Å². The van der Waals surface area contributed by atoms with E-state index in [-0.39, 0.29) is 11.4 Å². The molecule has 1 aromatic carbocycles. The number of amides is 2. The van der Waals surface area contributed by atoms with Gasteiger partial charge in [0, 0.05) is 13.1 Å². The standard InChI is InChI=1S/C20H28N2O2/c1-20(2)10-5-3-4-6-17(20)18(23)15-7-8-16-13-22(19(21)24)11-9-14(16)12-15/h6-8,12,18,23H,3-5,9-11,13H2,1-2H3,(H2,21,24). The Morgan fingerprint density at radius 3 is 2.83 bits per heavy atom. The Balaban J connectivity index is 1.85. The van der Waals surface area contributed by atoms with Crippen molar-refractivity contribution in [2.75, 3.05) is 6.54 Å². The van der Waals surface area contributed by atoms with Gasteiger partial charge in [-0.25, -0.2) is 4.79 Å². The van der Waals surface area contributed by atoms with Crippen molar-refractivity contribution in [1.29, 1.82) is 0 Å². The van der Waals surface area contributed by atoms with Gasteiger partial charge in [0.1, 0.15) is 6.10 Å². The van der Waals surface area contributed by atoms with Crippen molar-refractivity contribution in [1.82, 2.24) is 4.90 Å². The number of fused-ring (bicyclic) bond motifs is 1. The summed E-state index contributed by atoms with van der Waals surface area (Å²) >= 11 is 0. The van der Waals surface area contributed by atoms with E-state index in [1.54, 1.807) is 4.90 Å². The van der Waals surface area contributed by atoms with Crippen LogP contribution in [-0.4, -0.2) is 22.6 Å². The van der Waals surface area contributed by atoms with Gasteiger partial charge in [-0.3, -0.25) is 0 Å².